The predicted octanol–water partition coefficient (Wildman–Crippen LogP) is 0.221. The molecule has 0 spiro atoms. The highest BCUT2D eigenvalue weighted by Crippen LogP contribution is 2.30. The smallest absolute Gasteiger partial charge is 0.240 e. The van der Waals surface area contributed by atoms with Crippen molar-refractivity contribution in [1.29, 1.82) is 0 Å². The molecule has 1 heterocycles. The Morgan fingerprint density at radius 3 is 2.80 bits per heavy atom. The van der Waals surface area contributed by atoms with Crippen LogP contribution in [0.25, 0.3) is 0 Å². The second-order valence-corrected chi connectivity index (χ2v) is 6.68. The zero-order chi connectivity index (χ0) is 14.9. The minimum absolute atomic E-state index is 0.0331. The molecule has 0 saturated carbocycles. The largest absolute Gasteiger partial charge is 0.329 e. The fourth-order valence-corrected chi connectivity index (χ4v) is 3.56. The molecular formula is C13H19N3O3S. The minimum Gasteiger partial charge on any atom is -0.329 e. The van der Waals surface area contributed by atoms with Crippen LogP contribution in [0.2, 0.25) is 0 Å². The van der Waals surface area contributed by atoms with Crippen molar-refractivity contribution in [3.8, 4) is 0 Å². The van der Waals surface area contributed by atoms with Gasteiger partial charge in [0.15, 0.2) is 0 Å². The molecule has 1 aliphatic heterocycles. The molecule has 2 rings (SSSR count). The molecule has 110 valence electrons. The van der Waals surface area contributed by atoms with Crippen molar-refractivity contribution in [3.05, 3.63) is 23.8 Å². The summed E-state index contributed by atoms with van der Waals surface area (Å²) in [4.78, 5) is 13.3. The Kier molecular flexibility index (Phi) is 4.12. The topological polar surface area (TPSA) is 92.5 Å². The number of nitrogens with two attached hydrogens (primary N) is 1. The van der Waals surface area contributed by atoms with Crippen LogP contribution in [0.1, 0.15) is 19.4 Å². The number of rotatable bonds is 4. The van der Waals surface area contributed by atoms with E-state index in [0.29, 0.717) is 13.0 Å². The van der Waals surface area contributed by atoms with Crippen molar-refractivity contribution in [2.75, 3.05) is 18.0 Å². The van der Waals surface area contributed by atoms with Gasteiger partial charge in [-0.2, -0.15) is 0 Å². The minimum atomic E-state index is -3.56. The van der Waals surface area contributed by atoms with Gasteiger partial charge in [-0.1, -0.05) is 0 Å². The maximum Gasteiger partial charge on any atom is 0.240 e. The molecule has 0 unspecified atom stereocenters. The van der Waals surface area contributed by atoms with Crippen LogP contribution in [-0.2, 0) is 21.2 Å². The van der Waals surface area contributed by atoms with E-state index in [-0.39, 0.29) is 23.4 Å². The molecule has 1 atom stereocenters. The first-order valence-electron chi connectivity index (χ1n) is 6.48. The van der Waals surface area contributed by atoms with Gasteiger partial charge in [-0.3, -0.25) is 4.79 Å². The van der Waals surface area contributed by atoms with Gasteiger partial charge in [0.25, 0.3) is 0 Å². The Morgan fingerprint density at radius 2 is 2.20 bits per heavy atom. The van der Waals surface area contributed by atoms with E-state index in [9.17, 15) is 13.2 Å². The lowest BCUT2D eigenvalue weighted by Crippen LogP contribution is -2.37. The zero-order valence-electron chi connectivity index (χ0n) is 11.6. The van der Waals surface area contributed by atoms with Crippen LogP contribution in [0.5, 0.6) is 0 Å². The zero-order valence-corrected chi connectivity index (χ0v) is 12.4. The lowest BCUT2D eigenvalue weighted by Gasteiger charge is -2.16. The van der Waals surface area contributed by atoms with E-state index in [1.807, 2.05) is 0 Å². The third-order valence-corrected chi connectivity index (χ3v) is 4.93. The molecule has 0 bridgehead atoms. The van der Waals surface area contributed by atoms with E-state index in [1.165, 1.54) is 13.0 Å². The first-order chi connectivity index (χ1) is 9.35. The van der Waals surface area contributed by atoms with Gasteiger partial charge in [-0.25, -0.2) is 13.1 Å². The molecule has 20 heavy (non-hydrogen) atoms. The molecule has 1 aromatic carbocycles. The summed E-state index contributed by atoms with van der Waals surface area (Å²) in [6.45, 7) is 4.05. The molecule has 3 N–H and O–H groups in total. The fourth-order valence-electron chi connectivity index (χ4n) is 2.25. The summed E-state index contributed by atoms with van der Waals surface area (Å²) >= 11 is 0. The van der Waals surface area contributed by atoms with E-state index in [4.69, 9.17) is 5.73 Å². The SMILES string of the molecule is CC(=O)N1CCc2cc(S(=O)(=O)N[C@H](C)CN)ccc21. The van der Waals surface area contributed by atoms with Gasteiger partial charge in [-0.05, 0) is 37.1 Å². The van der Waals surface area contributed by atoms with Gasteiger partial charge < -0.3 is 10.6 Å². The number of nitrogens with zero attached hydrogens (tertiary/aromatic N) is 1. The average Bonchev–Trinajstić information content (AvgIpc) is 2.80. The lowest BCUT2D eigenvalue weighted by atomic mass is 10.2. The number of sulfonamides is 1. The Morgan fingerprint density at radius 1 is 1.50 bits per heavy atom. The van der Waals surface area contributed by atoms with Crippen LogP contribution < -0.4 is 15.4 Å². The van der Waals surface area contributed by atoms with Crippen LogP contribution >= 0.6 is 0 Å². The summed E-state index contributed by atoms with van der Waals surface area (Å²) in [7, 11) is -3.56. The summed E-state index contributed by atoms with van der Waals surface area (Å²) in [5, 5.41) is 0. The van der Waals surface area contributed by atoms with E-state index in [2.05, 4.69) is 4.72 Å². The van der Waals surface area contributed by atoms with Crippen LogP contribution in [0.15, 0.2) is 23.1 Å². The molecule has 0 saturated heterocycles. The van der Waals surface area contributed by atoms with Crippen molar-refractivity contribution in [2.45, 2.75) is 31.2 Å². The highest BCUT2D eigenvalue weighted by atomic mass is 32.2. The van der Waals surface area contributed by atoms with Gasteiger partial charge in [-0.15, -0.1) is 0 Å². The van der Waals surface area contributed by atoms with Gasteiger partial charge >= 0.3 is 0 Å². The Balaban J connectivity index is 2.31. The van der Waals surface area contributed by atoms with Crippen LogP contribution in [0, 0.1) is 0 Å². The van der Waals surface area contributed by atoms with Crippen LogP contribution in [0.3, 0.4) is 0 Å². The monoisotopic (exact) mass is 297 g/mol. The van der Waals surface area contributed by atoms with Crippen molar-refractivity contribution in [3.63, 3.8) is 0 Å². The Bertz CT molecular complexity index is 628. The highest BCUT2D eigenvalue weighted by Gasteiger charge is 2.25. The van der Waals surface area contributed by atoms with Crippen molar-refractivity contribution < 1.29 is 13.2 Å². The fraction of sp³-hybridized carbons (Fsp3) is 0.462. The number of nitrogens with one attached hydrogen (secondary N) is 1. The molecule has 1 aromatic rings. The maximum atomic E-state index is 12.2. The van der Waals surface area contributed by atoms with Gasteiger partial charge in [0.05, 0.1) is 4.90 Å². The van der Waals surface area contributed by atoms with Crippen molar-refractivity contribution >= 4 is 21.6 Å². The van der Waals surface area contributed by atoms with Gasteiger partial charge in [0.2, 0.25) is 15.9 Å². The number of hydrogen-bond acceptors (Lipinski definition) is 4. The molecule has 0 aromatic heterocycles. The summed E-state index contributed by atoms with van der Waals surface area (Å²) in [6, 6.07) is 4.52. The average molecular weight is 297 g/mol. The summed E-state index contributed by atoms with van der Waals surface area (Å²) in [6.07, 6.45) is 0.671. The summed E-state index contributed by atoms with van der Waals surface area (Å²) in [5.41, 5.74) is 7.10. The summed E-state index contributed by atoms with van der Waals surface area (Å²) in [5.74, 6) is -0.0331. The number of hydrogen-bond donors (Lipinski definition) is 2. The lowest BCUT2D eigenvalue weighted by molar-refractivity contribution is -0.116. The predicted molar refractivity (Wildman–Crippen MR) is 77.0 cm³/mol. The number of anilines is 1. The van der Waals surface area contributed by atoms with Crippen molar-refractivity contribution in [1.82, 2.24) is 4.72 Å². The second kappa shape index (κ2) is 5.51. The number of amides is 1. The number of benzene rings is 1. The third kappa shape index (κ3) is 2.84. The molecular weight excluding hydrogens is 278 g/mol. The number of carbonyl (C=O) groups is 1. The van der Waals surface area contributed by atoms with Crippen LogP contribution in [-0.4, -0.2) is 33.5 Å². The Labute approximate surface area is 119 Å². The van der Waals surface area contributed by atoms with E-state index in [1.54, 1.807) is 24.0 Å². The van der Waals surface area contributed by atoms with Gasteiger partial charge in [0.1, 0.15) is 0 Å². The quantitative estimate of drug-likeness (QED) is 0.831. The van der Waals surface area contributed by atoms with Crippen molar-refractivity contribution in [2.24, 2.45) is 5.73 Å². The molecule has 1 amide bonds. The molecule has 7 heteroatoms. The molecule has 0 aliphatic carbocycles. The standard InChI is InChI=1S/C13H19N3O3S/c1-9(8-14)15-20(18,19)12-3-4-13-11(7-12)5-6-16(13)10(2)17/h3-4,7,9,15H,5-6,8,14H2,1-2H3/t9-/m1/s1. The third-order valence-electron chi connectivity index (χ3n) is 3.35. The maximum absolute atomic E-state index is 12.2. The number of fused-ring (bicyclic) bond motifs is 1. The van der Waals surface area contributed by atoms with Gasteiger partial charge in [0, 0.05) is 31.7 Å². The number of carbonyl (C=O) groups excluding carboxylic acids is 1. The first kappa shape index (κ1) is 15.0. The van der Waals surface area contributed by atoms with E-state index < -0.39 is 10.0 Å². The molecule has 0 fully saturated rings. The normalized spacial score (nSPS) is 16.1. The molecule has 6 nitrogen and oxygen atoms in total. The summed E-state index contributed by atoms with van der Waals surface area (Å²) < 4.78 is 26.9. The highest BCUT2D eigenvalue weighted by molar-refractivity contribution is 7.89. The first-order valence-corrected chi connectivity index (χ1v) is 7.97. The second-order valence-electron chi connectivity index (χ2n) is 4.97. The Hall–Kier alpha value is -1.44. The van der Waals surface area contributed by atoms with Crippen LogP contribution in [0.4, 0.5) is 5.69 Å². The van der Waals surface area contributed by atoms with E-state index in [0.717, 1.165) is 11.3 Å². The molecule has 0 radical (unpaired) electrons. The molecule has 1 aliphatic rings. The van der Waals surface area contributed by atoms with E-state index >= 15 is 0 Å².